The van der Waals surface area contributed by atoms with Crippen LogP contribution < -0.4 is 5.56 Å². The van der Waals surface area contributed by atoms with Crippen molar-refractivity contribution < 1.29 is 9.90 Å². The van der Waals surface area contributed by atoms with Crippen molar-refractivity contribution in [1.29, 1.82) is 0 Å². The molecular weight excluding hydrogens is 298 g/mol. The summed E-state index contributed by atoms with van der Waals surface area (Å²) < 4.78 is 1.51. The van der Waals surface area contributed by atoms with Gasteiger partial charge >= 0.3 is 0 Å². The minimum Gasteiger partial charge on any atom is -0.506 e. The molecule has 0 saturated carbocycles. The topological polar surface area (TPSA) is 114 Å². The second kappa shape index (κ2) is 5.99. The molecule has 0 unspecified atom stereocenters. The van der Waals surface area contributed by atoms with Gasteiger partial charge in [0.15, 0.2) is 0 Å². The van der Waals surface area contributed by atoms with E-state index in [-0.39, 0.29) is 17.1 Å². The molecule has 0 saturated heterocycles. The maximum Gasteiger partial charge on any atom is 0.266 e. The summed E-state index contributed by atoms with van der Waals surface area (Å²) in [4.78, 5) is 25.2. The summed E-state index contributed by atoms with van der Waals surface area (Å²) in [5.74, 6) is -1.36. The molecule has 3 aromatic rings. The van der Waals surface area contributed by atoms with E-state index in [4.69, 9.17) is 0 Å². The zero-order valence-corrected chi connectivity index (χ0v) is 12.5. The maximum absolute atomic E-state index is 12.7. The first-order chi connectivity index (χ1) is 11.1. The highest BCUT2D eigenvalue weighted by atomic mass is 16.3. The van der Waals surface area contributed by atoms with Gasteiger partial charge in [-0.15, -0.1) is 10.2 Å². The summed E-state index contributed by atoms with van der Waals surface area (Å²) >= 11 is 0. The van der Waals surface area contributed by atoms with Gasteiger partial charge in [0, 0.05) is 11.9 Å². The van der Waals surface area contributed by atoms with E-state index in [1.165, 1.54) is 4.57 Å². The minimum absolute atomic E-state index is 0.255. The molecule has 8 heteroatoms. The summed E-state index contributed by atoms with van der Waals surface area (Å²) in [6, 6.07) is 6.93. The molecule has 118 valence electrons. The molecule has 0 aliphatic rings. The molecule has 1 aromatic carbocycles. The predicted molar refractivity (Wildman–Crippen MR) is 82.4 cm³/mol. The average Bonchev–Trinajstić information content (AvgIpc) is 3.09. The molecular formula is C15H15N5O3. The second-order valence-corrected chi connectivity index (χ2v) is 5.12. The first kappa shape index (κ1) is 14.9. The van der Waals surface area contributed by atoms with Crippen LogP contribution in [0.3, 0.4) is 0 Å². The van der Waals surface area contributed by atoms with Crippen LogP contribution in [0.4, 0.5) is 0 Å². The summed E-state index contributed by atoms with van der Waals surface area (Å²) in [7, 11) is 0. The maximum atomic E-state index is 12.7. The Labute approximate surface area is 130 Å². The number of benzene rings is 1. The smallest absolute Gasteiger partial charge is 0.266 e. The molecule has 8 nitrogen and oxygen atoms in total. The number of rotatable bonds is 5. The van der Waals surface area contributed by atoms with Crippen LogP contribution in [0, 0.1) is 0 Å². The molecule has 0 aliphatic carbocycles. The van der Waals surface area contributed by atoms with Crippen molar-refractivity contribution in [3.63, 3.8) is 0 Å². The number of pyridine rings is 1. The van der Waals surface area contributed by atoms with Crippen molar-refractivity contribution in [3.05, 3.63) is 46.0 Å². The fourth-order valence-electron chi connectivity index (χ4n) is 2.50. The van der Waals surface area contributed by atoms with E-state index in [0.29, 0.717) is 17.4 Å². The summed E-state index contributed by atoms with van der Waals surface area (Å²) in [5, 5.41) is 23.5. The Bertz CT molecular complexity index is 915. The van der Waals surface area contributed by atoms with E-state index in [2.05, 4.69) is 20.6 Å². The Balaban J connectivity index is 2.29. The van der Waals surface area contributed by atoms with Crippen LogP contribution in [-0.4, -0.2) is 36.1 Å². The number of unbranched alkanes of at least 4 members (excludes halogenated alkanes) is 1. The molecule has 0 radical (unpaired) electrons. The Morgan fingerprint density at radius 2 is 2.13 bits per heavy atom. The molecule has 0 aliphatic heterocycles. The van der Waals surface area contributed by atoms with E-state index in [1.54, 1.807) is 24.3 Å². The number of carbonyl (C=O) groups is 1. The summed E-state index contributed by atoms with van der Waals surface area (Å²) in [6.07, 6.45) is 1.68. The van der Waals surface area contributed by atoms with Crippen molar-refractivity contribution in [2.45, 2.75) is 26.3 Å². The van der Waals surface area contributed by atoms with Crippen LogP contribution in [0.25, 0.3) is 10.9 Å². The highest BCUT2D eigenvalue weighted by Gasteiger charge is 2.25. The Hall–Kier alpha value is -3.03. The van der Waals surface area contributed by atoms with Crippen LogP contribution in [0.15, 0.2) is 29.1 Å². The van der Waals surface area contributed by atoms with Crippen molar-refractivity contribution in [2.24, 2.45) is 0 Å². The van der Waals surface area contributed by atoms with Gasteiger partial charge in [-0.25, -0.2) is 0 Å². The predicted octanol–water partition coefficient (Wildman–Crippen LogP) is 1.25. The van der Waals surface area contributed by atoms with Gasteiger partial charge in [0.05, 0.1) is 5.52 Å². The normalized spacial score (nSPS) is 11.0. The van der Waals surface area contributed by atoms with Crippen LogP contribution in [0.2, 0.25) is 0 Å². The van der Waals surface area contributed by atoms with Gasteiger partial charge in [-0.1, -0.05) is 25.5 Å². The first-order valence-electron chi connectivity index (χ1n) is 7.27. The highest BCUT2D eigenvalue weighted by Crippen LogP contribution is 2.27. The van der Waals surface area contributed by atoms with E-state index in [1.807, 2.05) is 6.92 Å². The molecule has 0 fully saturated rings. The number of aromatic amines is 1. The van der Waals surface area contributed by atoms with Crippen LogP contribution in [-0.2, 0) is 6.54 Å². The number of nitrogens with zero attached hydrogens (tertiary/aromatic N) is 4. The zero-order valence-electron chi connectivity index (χ0n) is 12.5. The number of hydrogen-bond acceptors (Lipinski definition) is 6. The number of nitrogens with one attached hydrogen (secondary N) is 1. The minimum atomic E-state index is -0.753. The number of H-pyrrole nitrogens is 1. The number of fused-ring (bicyclic) bond motifs is 1. The van der Waals surface area contributed by atoms with Gasteiger partial charge < -0.3 is 9.67 Å². The Morgan fingerprint density at radius 1 is 1.35 bits per heavy atom. The fraction of sp³-hybridized carbons (Fsp3) is 0.267. The third-order valence-corrected chi connectivity index (χ3v) is 3.66. The van der Waals surface area contributed by atoms with Crippen LogP contribution in [0.5, 0.6) is 5.75 Å². The van der Waals surface area contributed by atoms with E-state index < -0.39 is 11.3 Å². The lowest BCUT2D eigenvalue weighted by molar-refractivity contribution is 0.102. The lowest BCUT2D eigenvalue weighted by Gasteiger charge is -2.13. The number of tetrazole rings is 1. The van der Waals surface area contributed by atoms with Gasteiger partial charge in [0.25, 0.3) is 5.56 Å². The standard InChI is InChI=1S/C15H15N5O3/c1-2-3-8-20-10-7-5-4-6-9(10)12(21)11(15(20)23)13(22)14-16-18-19-17-14/h4-7,21H,2-3,8H2,1H3,(H,16,17,18,19). The van der Waals surface area contributed by atoms with Crippen LogP contribution in [0.1, 0.15) is 35.9 Å². The molecule has 23 heavy (non-hydrogen) atoms. The van der Waals surface area contributed by atoms with Crippen molar-refractivity contribution in [1.82, 2.24) is 25.2 Å². The zero-order chi connectivity index (χ0) is 16.4. The van der Waals surface area contributed by atoms with Crippen molar-refractivity contribution in [3.8, 4) is 5.75 Å². The monoisotopic (exact) mass is 313 g/mol. The molecule has 2 heterocycles. The SMILES string of the molecule is CCCCn1c(=O)c(C(=O)c2nn[nH]n2)c(O)c2ccccc21. The van der Waals surface area contributed by atoms with Gasteiger partial charge in [-0.05, 0) is 23.8 Å². The van der Waals surface area contributed by atoms with Gasteiger partial charge in [0.1, 0.15) is 11.3 Å². The molecule has 2 N–H and O–H groups in total. The summed E-state index contributed by atoms with van der Waals surface area (Å²) in [6.45, 7) is 2.47. The van der Waals surface area contributed by atoms with Gasteiger partial charge in [-0.2, -0.15) is 5.21 Å². The van der Waals surface area contributed by atoms with Gasteiger partial charge in [0.2, 0.25) is 11.6 Å². The number of aromatic hydroxyl groups is 1. The lowest BCUT2D eigenvalue weighted by Crippen LogP contribution is -2.28. The quantitative estimate of drug-likeness (QED) is 0.685. The molecule has 2 aromatic heterocycles. The largest absolute Gasteiger partial charge is 0.506 e. The van der Waals surface area contributed by atoms with Crippen LogP contribution >= 0.6 is 0 Å². The molecule has 0 amide bonds. The number of hydrogen-bond donors (Lipinski definition) is 2. The second-order valence-electron chi connectivity index (χ2n) is 5.12. The van der Waals surface area contributed by atoms with Gasteiger partial charge in [-0.3, -0.25) is 9.59 Å². The fourth-order valence-corrected chi connectivity index (χ4v) is 2.50. The van der Waals surface area contributed by atoms with E-state index in [9.17, 15) is 14.7 Å². The van der Waals surface area contributed by atoms with E-state index in [0.717, 1.165) is 12.8 Å². The lowest BCUT2D eigenvalue weighted by atomic mass is 10.1. The Kier molecular flexibility index (Phi) is 3.88. The number of carbonyl (C=O) groups excluding carboxylic acids is 1. The highest BCUT2D eigenvalue weighted by molar-refractivity contribution is 6.10. The number of aromatic nitrogens is 5. The first-order valence-corrected chi connectivity index (χ1v) is 7.27. The average molecular weight is 313 g/mol. The summed E-state index contributed by atoms with van der Waals surface area (Å²) in [5.41, 5.74) is -0.293. The van der Waals surface area contributed by atoms with Crippen molar-refractivity contribution >= 4 is 16.7 Å². The number of ketones is 1. The number of para-hydroxylation sites is 1. The number of aryl methyl sites for hydroxylation is 1. The van der Waals surface area contributed by atoms with E-state index >= 15 is 0 Å². The molecule has 0 bridgehead atoms. The Morgan fingerprint density at radius 3 is 2.83 bits per heavy atom. The third-order valence-electron chi connectivity index (χ3n) is 3.66. The molecule has 0 spiro atoms. The van der Waals surface area contributed by atoms with Crippen molar-refractivity contribution in [2.75, 3.05) is 0 Å². The molecule has 0 atom stereocenters. The molecule has 3 rings (SSSR count). The third kappa shape index (κ3) is 2.48.